The molecule has 0 atom stereocenters. The lowest BCUT2D eigenvalue weighted by atomic mass is 10.1. The third kappa shape index (κ3) is 3.79. The van der Waals surface area contributed by atoms with Crippen LogP contribution < -0.4 is 16.4 Å². The summed E-state index contributed by atoms with van der Waals surface area (Å²) in [4.78, 5) is 23.4. The van der Waals surface area contributed by atoms with E-state index in [0.29, 0.717) is 11.4 Å². The minimum absolute atomic E-state index is 0.0441. The minimum atomic E-state index is -0.937. The molecule has 1 aromatic carbocycles. The molecule has 1 fully saturated rings. The number of carbonyl (C=O) groups excluding carboxylic acids is 2. The van der Waals surface area contributed by atoms with E-state index in [9.17, 15) is 9.59 Å². The number of hydrogen-bond acceptors (Lipinski definition) is 3. The van der Waals surface area contributed by atoms with Crippen molar-refractivity contribution in [3.05, 3.63) is 24.3 Å². The van der Waals surface area contributed by atoms with Crippen molar-refractivity contribution in [2.24, 2.45) is 11.7 Å². The summed E-state index contributed by atoms with van der Waals surface area (Å²) in [5.41, 5.74) is 6.08. The summed E-state index contributed by atoms with van der Waals surface area (Å²) in [7, 11) is 0. The van der Waals surface area contributed by atoms with Crippen LogP contribution in [0.4, 0.5) is 11.4 Å². The number of amides is 2. The van der Waals surface area contributed by atoms with E-state index in [-0.39, 0.29) is 17.7 Å². The van der Waals surface area contributed by atoms with Crippen LogP contribution in [0.3, 0.4) is 0 Å². The number of benzene rings is 1. The Morgan fingerprint density at radius 3 is 2.32 bits per heavy atom. The van der Waals surface area contributed by atoms with Crippen molar-refractivity contribution < 1.29 is 9.59 Å². The maximum absolute atomic E-state index is 11.8. The van der Waals surface area contributed by atoms with Gasteiger partial charge in [-0.15, -0.1) is 0 Å². The monoisotopic (exact) mass is 261 g/mol. The zero-order valence-corrected chi connectivity index (χ0v) is 11.2. The van der Waals surface area contributed by atoms with Crippen molar-refractivity contribution >= 4 is 23.2 Å². The molecule has 0 spiro atoms. The minimum Gasteiger partial charge on any atom is -0.326 e. The average Bonchev–Trinajstić information content (AvgIpc) is 3.11. The molecule has 1 aliphatic carbocycles. The highest BCUT2D eigenvalue weighted by Gasteiger charge is 2.29. The van der Waals surface area contributed by atoms with Gasteiger partial charge in [0, 0.05) is 17.3 Å². The molecule has 2 rings (SSSR count). The van der Waals surface area contributed by atoms with Crippen molar-refractivity contribution in [2.75, 3.05) is 10.6 Å². The number of nitrogens with two attached hydrogens (primary N) is 1. The van der Waals surface area contributed by atoms with Crippen molar-refractivity contribution in [3.8, 4) is 0 Å². The van der Waals surface area contributed by atoms with E-state index < -0.39 is 5.54 Å². The fraction of sp³-hybridized carbons (Fsp3) is 0.429. The normalized spacial score (nSPS) is 14.9. The molecular formula is C14H19N3O2. The number of hydrogen-bond donors (Lipinski definition) is 3. The molecule has 5 heteroatoms. The third-order valence-electron chi connectivity index (χ3n) is 2.92. The molecule has 1 aliphatic rings. The van der Waals surface area contributed by atoms with Crippen LogP contribution in [0.15, 0.2) is 24.3 Å². The Morgan fingerprint density at radius 2 is 1.79 bits per heavy atom. The topological polar surface area (TPSA) is 84.2 Å². The fourth-order valence-corrected chi connectivity index (χ4v) is 1.56. The van der Waals surface area contributed by atoms with Crippen LogP contribution in [0.5, 0.6) is 0 Å². The Balaban J connectivity index is 2.02. The molecule has 0 heterocycles. The van der Waals surface area contributed by atoms with Gasteiger partial charge in [0.25, 0.3) is 0 Å². The Kier molecular flexibility index (Phi) is 3.57. The lowest BCUT2D eigenvalue weighted by Crippen LogP contribution is -2.45. The van der Waals surface area contributed by atoms with Gasteiger partial charge in [-0.25, -0.2) is 0 Å². The van der Waals surface area contributed by atoms with E-state index in [1.807, 2.05) is 0 Å². The summed E-state index contributed by atoms with van der Waals surface area (Å²) < 4.78 is 0. The SMILES string of the molecule is CC(C)(N)C(=O)Nc1cccc(NC(=O)C2CC2)c1. The highest BCUT2D eigenvalue weighted by molar-refractivity contribution is 5.98. The number of anilines is 2. The molecule has 0 aliphatic heterocycles. The van der Waals surface area contributed by atoms with Gasteiger partial charge in [0.05, 0.1) is 5.54 Å². The molecule has 0 unspecified atom stereocenters. The van der Waals surface area contributed by atoms with Gasteiger partial charge < -0.3 is 16.4 Å². The quantitative estimate of drug-likeness (QED) is 0.771. The van der Waals surface area contributed by atoms with Crippen molar-refractivity contribution in [1.29, 1.82) is 0 Å². The van der Waals surface area contributed by atoms with Crippen molar-refractivity contribution in [2.45, 2.75) is 32.2 Å². The number of carbonyl (C=O) groups is 2. The molecule has 0 saturated heterocycles. The molecule has 0 radical (unpaired) electrons. The summed E-state index contributed by atoms with van der Waals surface area (Å²) in [6, 6.07) is 7.06. The maximum atomic E-state index is 11.8. The van der Waals surface area contributed by atoms with Crippen LogP contribution in [0.1, 0.15) is 26.7 Å². The molecule has 2 amide bonds. The van der Waals surface area contributed by atoms with Crippen molar-refractivity contribution in [3.63, 3.8) is 0 Å². The first-order valence-corrected chi connectivity index (χ1v) is 6.37. The van der Waals surface area contributed by atoms with Gasteiger partial charge in [-0.05, 0) is 44.9 Å². The second-order valence-electron chi connectivity index (χ2n) is 5.52. The smallest absolute Gasteiger partial charge is 0.243 e. The summed E-state index contributed by atoms with van der Waals surface area (Å²) in [5, 5.41) is 5.56. The van der Waals surface area contributed by atoms with E-state index in [2.05, 4.69) is 10.6 Å². The summed E-state index contributed by atoms with van der Waals surface area (Å²) in [6.07, 6.45) is 1.92. The van der Waals surface area contributed by atoms with Crippen LogP contribution in [0.2, 0.25) is 0 Å². The summed E-state index contributed by atoms with van der Waals surface area (Å²) in [5.74, 6) is -0.0676. The molecule has 4 N–H and O–H groups in total. The second-order valence-corrected chi connectivity index (χ2v) is 5.52. The first kappa shape index (κ1) is 13.5. The second kappa shape index (κ2) is 5.01. The van der Waals surface area contributed by atoms with Gasteiger partial charge in [-0.2, -0.15) is 0 Å². The van der Waals surface area contributed by atoms with E-state index in [1.54, 1.807) is 38.1 Å². The van der Waals surface area contributed by atoms with Gasteiger partial charge in [0.15, 0.2) is 0 Å². The van der Waals surface area contributed by atoms with Crippen LogP contribution >= 0.6 is 0 Å². The van der Waals surface area contributed by atoms with E-state index in [0.717, 1.165) is 12.8 Å². The molecule has 102 valence electrons. The van der Waals surface area contributed by atoms with Crippen LogP contribution in [0.25, 0.3) is 0 Å². The Bertz CT molecular complexity index is 502. The molecular weight excluding hydrogens is 242 g/mol. The molecule has 0 aromatic heterocycles. The maximum Gasteiger partial charge on any atom is 0.243 e. The van der Waals surface area contributed by atoms with E-state index >= 15 is 0 Å². The van der Waals surface area contributed by atoms with Crippen LogP contribution in [-0.4, -0.2) is 17.4 Å². The molecule has 1 saturated carbocycles. The predicted octanol–water partition coefficient (Wildman–Crippen LogP) is 1.71. The molecule has 5 nitrogen and oxygen atoms in total. The van der Waals surface area contributed by atoms with Gasteiger partial charge in [-0.1, -0.05) is 6.07 Å². The third-order valence-corrected chi connectivity index (χ3v) is 2.92. The average molecular weight is 261 g/mol. The summed E-state index contributed by atoms with van der Waals surface area (Å²) in [6.45, 7) is 3.28. The largest absolute Gasteiger partial charge is 0.326 e. The Hall–Kier alpha value is -1.88. The van der Waals surface area contributed by atoms with Gasteiger partial charge in [0.2, 0.25) is 11.8 Å². The van der Waals surface area contributed by atoms with Gasteiger partial charge in [-0.3, -0.25) is 9.59 Å². The summed E-state index contributed by atoms with van der Waals surface area (Å²) >= 11 is 0. The zero-order chi connectivity index (χ0) is 14.0. The van der Waals surface area contributed by atoms with Gasteiger partial charge >= 0.3 is 0 Å². The number of rotatable bonds is 4. The predicted molar refractivity (Wildman–Crippen MR) is 74.7 cm³/mol. The molecule has 19 heavy (non-hydrogen) atoms. The zero-order valence-electron chi connectivity index (χ0n) is 11.2. The number of nitrogens with one attached hydrogen (secondary N) is 2. The molecule has 0 bridgehead atoms. The van der Waals surface area contributed by atoms with E-state index in [4.69, 9.17) is 5.73 Å². The fourth-order valence-electron chi connectivity index (χ4n) is 1.56. The highest BCUT2D eigenvalue weighted by Crippen LogP contribution is 2.30. The lowest BCUT2D eigenvalue weighted by Gasteiger charge is -2.18. The highest BCUT2D eigenvalue weighted by atomic mass is 16.2. The first-order chi connectivity index (χ1) is 8.86. The van der Waals surface area contributed by atoms with Crippen molar-refractivity contribution in [1.82, 2.24) is 0 Å². The first-order valence-electron chi connectivity index (χ1n) is 6.37. The lowest BCUT2D eigenvalue weighted by molar-refractivity contribution is -0.120. The van der Waals surface area contributed by atoms with Gasteiger partial charge in [0.1, 0.15) is 0 Å². The molecule has 1 aromatic rings. The van der Waals surface area contributed by atoms with Crippen LogP contribution in [-0.2, 0) is 9.59 Å². The Labute approximate surface area is 112 Å². The van der Waals surface area contributed by atoms with E-state index in [1.165, 1.54) is 0 Å². The Morgan fingerprint density at radius 1 is 1.21 bits per heavy atom. The van der Waals surface area contributed by atoms with Crippen LogP contribution in [0, 0.1) is 5.92 Å². The standard InChI is InChI=1S/C14H19N3O2/c1-14(2,15)13(19)17-11-5-3-4-10(8-11)16-12(18)9-6-7-9/h3-5,8-9H,6-7,15H2,1-2H3,(H,16,18)(H,17,19).